The molecule has 108 valence electrons. The van der Waals surface area contributed by atoms with Crippen LogP contribution in [-0.2, 0) is 15.4 Å². The summed E-state index contributed by atoms with van der Waals surface area (Å²) >= 11 is 0. The number of benzene rings is 1. The SMILES string of the molecule is CC(C)S(=O)(=O)N1CCC(C#N)(c2ccccc2)CC1. The quantitative estimate of drug-likeness (QED) is 0.858. The van der Waals surface area contributed by atoms with Gasteiger partial charge < -0.3 is 0 Å². The van der Waals surface area contributed by atoms with Crippen LogP contribution in [0, 0.1) is 11.3 Å². The summed E-state index contributed by atoms with van der Waals surface area (Å²) in [6, 6.07) is 12.1. The zero-order valence-corrected chi connectivity index (χ0v) is 12.7. The van der Waals surface area contributed by atoms with E-state index in [1.165, 1.54) is 4.31 Å². The summed E-state index contributed by atoms with van der Waals surface area (Å²) < 4.78 is 25.9. The summed E-state index contributed by atoms with van der Waals surface area (Å²) in [5, 5.41) is 9.17. The predicted octanol–water partition coefficient (Wildman–Crippen LogP) is 2.28. The van der Waals surface area contributed by atoms with Crippen molar-refractivity contribution in [3.8, 4) is 6.07 Å². The molecule has 0 spiro atoms. The van der Waals surface area contributed by atoms with Gasteiger partial charge in [0.05, 0.1) is 16.7 Å². The lowest BCUT2D eigenvalue weighted by molar-refractivity contribution is 0.275. The van der Waals surface area contributed by atoms with E-state index in [0.717, 1.165) is 5.56 Å². The first-order valence-corrected chi connectivity index (χ1v) is 8.38. The van der Waals surface area contributed by atoms with E-state index in [1.807, 2.05) is 30.3 Å². The third-order valence-electron chi connectivity index (χ3n) is 4.07. The molecular weight excluding hydrogens is 272 g/mol. The van der Waals surface area contributed by atoms with Gasteiger partial charge in [-0.3, -0.25) is 0 Å². The van der Waals surface area contributed by atoms with Crippen molar-refractivity contribution >= 4 is 10.0 Å². The van der Waals surface area contributed by atoms with Crippen LogP contribution in [0.2, 0.25) is 0 Å². The number of rotatable bonds is 3. The van der Waals surface area contributed by atoms with Crippen molar-refractivity contribution in [1.29, 1.82) is 5.26 Å². The molecule has 0 aromatic heterocycles. The van der Waals surface area contributed by atoms with Gasteiger partial charge in [0.25, 0.3) is 0 Å². The molecule has 1 aliphatic rings. The maximum absolute atomic E-state index is 12.2. The highest BCUT2D eigenvalue weighted by Crippen LogP contribution is 2.35. The molecule has 0 radical (unpaired) electrons. The largest absolute Gasteiger partial charge is 0.216 e. The summed E-state index contributed by atoms with van der Waals surface area (Å²) in [5.41, 5.74) is 0.439. The third kappa shape index (κ3) is 2.58. The van der Waals surface area contributed by atoms with Crippen molar-refractivity contribution in [2.24, 2.45) is 0 Å². The van der Waals surface area contributed by atoms with Crippen LogP contribution in [0.5, 0.6) is 0 Å². The predicted molar refractivity (Wildman–Crippen MR) is 78.6 cm³/mol. The second-order valence-corrected chi connectivity index (χ2v) is 8.04. The van der Waals surface area contributed by atoms with Gasteiger partial charge in [-0.2, -0.15) is 5.26 Å². The zero-order chi connectivity index (χ0) is 14.8. The number of nitriles is 1. The topological polar surface area (TPSA) is 61.2 Å². The van der Waals surface area contributed by atoms with Crippen molar-refractivity contribution in [1.82, 2.24) is 4.31 Å². The Balaban J connectivity index is 2.20. The molecule has 1 saturated heterocycles. The van der Waals surface area contributed by atoms with Crippen LogP contribution in [0.25, 0.3) is 0 Å². The standard InChI is InChI=1S/C15H20N2O2S/c1-13(2)20(18,19)17-10-8-15(12-16,9-11-17)14-6-4-3-5-7-14/h3-7,13H,8-11H2,1-2H3. The molecule has 0 saturated carbocycles. The maximum Gasteiger partial charge on any atom is 0.216 e. The van der Waals surface area contributed by atoms with E-state index < -0.39 is 20.7 Å². The molecule has 1 aromatic carbocycles. The highest BCUT2D eigenvalue weighted by molar-refractivity contribution is 7.89. The fourth-order valence-corrected chi connectivity index (χ4v) is 3.93. The maximum atomic E-state index is 12.2. The minimum absolute atomic E-state index is 0.409. The average molecular weight is 292 g/mol. The van der Waals surface area contributed by atoms with Crippen LogP contribution in [0.1, 0.15) is 32.3 Å². The Kier molecular flexibility index (Phi) is 4.17. The van der Waals surface area contributed by atoms with E-state index in [4.69, 9.17) is 0 Å². The van der Waals surface area contributed by atoms with Gasteiger partial charge in [0.2, 0.25) is 10.0 Å². The minimum Gasteiger partial charge on any atom is -0.212 e. The molecule has 2 rings (SSSR count). The lowest BCUT2D eigenvalue weighted by Crippen LogP contribution is -2.46. The van der Waals surface area contributed by atoms with Gasteiger partial charge in [-0.05, 0) is 32.3 Å². The van der Waals surface area contributed by atoms with E-state index in [0.29, 0.717) is 25.9 Å². The summed E-state index contributed by atoms with van der Waals surface area (Å²) in [4.78, 5) is 0. The smallest absolute Gasteiger partial charge is 0.212 e. The van der Waals surface area contributed by atoms with Crippen molar-refractivity contribution in [3.63, 3.8) is 0 Å². The molecule has 0 aliphatic carbocycles. The molecule has 1 aromatic rings. The van der Waals surface area contributed by atoms with E-state index in [-0.39, 0.29) is 0 Å². The number of hydrogen-bond donors (Lipinski definition) is 0. The summed E-state index contributed by atoms with van der Waals surface area (Å²) in [6.45, 7) is 4.23. The normalized spacial score (nSPS) is 19.7. The number of nitrogens with zero attached hydrogens (tertiary/aromatic N) is 2. The first kappa shape index (κ1) is 15.0. The molecule has 0 unspecified atom stereocenters. The Morgan fingerprint density at radius 1 is 1.20 bits per heavy atom. The Bertz CT molecular complexity index is 595. The molecule has 0 atom stereocenters. The summed E-state index contributed by atoms with van der Waals surface area (Å²) in [5.74, 6) is 0. The van der Waals surface area contributed by atoms with Crippen LogP contribution in [-0.4, -0.2) is 31.1 Å². The fourth-order valence-electron chi connectivity index (χ4n) is 2.64. The van der Waals surface area contributed by atoms with Crippen molar-refractivity contribution in [2.45, 2.75) is 37.4 Å². The van der Waals surface area contributed by atoms with Gasteiger partial charge in [0, 0.05) is 13.1 Å². The summed E-state index contributed by atoms with van der Waals surface area (Å²) in [7, 11) is -3.22. The van der Waals surface area contributed by atoms with E-state index in [9.17, 15) is 13.7 Å². The Labute approximate surface area is 121 Å². The van der Waals surface area contributed by atoms with E-state index in [2.05, 4.69) is 6.07 Å². The van der Waals surface area contributed by atoms with Crippen LogP contribution >= 0.6 is 0 Å². The van der Waals surface area contributed by atoms with Crippen molar-refractivity contribution < 1.29 is 8.42 Å². The van der Waals surface area contributed by atoms with E-state index in [1.54, 1.807) is 13.8 Å². The number of hydrogen-bond acceptors (Lipinski definition) is 3. The second-order valence-electron chi connectivity index (χ2n) is 5.55. The molecule has 20 heavy (non-hydrogen) atoms. The Morgan fingerprint density at radius 3 is 2.20 bits per heavy atom. The molecule has 1 heterocycles. The second kappa shape index (κ2) is 5.55. The first-order valence-electron chi connectivity index (χ1n) is 6.88. The van der Waals surface area contributed by atoms with Crippen LogP contribution in [0.4, 0.5) is 0 Å². The zero-order valence-electron chi connectivity index (χ0n) is 11.9. The van der Waals surface area contributed by atoms with Gasteiger partial charge in [0.15, 0.2) is 0 Å². The molecular formula is C15H20N2O2S. The van der Waals surface area contributed by atoms with E-state index >= 15 is 0 Å². The lowest BCUT2D eigenvalue weighted by Gasteiger charge is -2.37. The van der Waals surface area contributed by atoms with Gasteiger partial charge in [0.1, 0.15) is 0 Å². The number of piperidine rings is 1. The van der Waals surface area contributed by atoms with Gasteiger partial charge >= 0.3 is 0 Å². The lowest BCUT2D eigenvalue weighted by atomic mass is 9.74. The molecule has 4 nitrogen and oxygen atoms in total. The minimum atomic E-state index is -3.22. The third-order valence-corrected chi connectivity index (χ3v) is 6.35. The number of sulfonamides is 1. The monoisotopic (exact) mass is 292 g/mol. The van der Waals surface area contributed by atoms with Gasteiger partial charge in [-0.1, -0.05) is 30.3 Å². The van der Waals surface area contributed by atoms with Gasteiger partial charge in [-0.25, -0.2) is 12.7 Å². The highest BCUT2D eigenvalue weighted by Gasteiger charge is 2.40. The molecule has 0 bridgehead atoms. The van der Waals surface area contributed by atoms with Crippen molar-refractivity contribution in [3.05, 3.63) is 35.9 Å². The van der Waals surface area contributed by atoms with Crippen LogP contribution < -0.4 is 0 Å². The highest BCUT2D eigenvalue weighted by atomic mass is 32.2. The first-order chi connectivity index (χ1) is 9.42. The van der Waals surface area contributed by atoms with Crippen LogP contribution in [0.3, 0.4) is 0 Å². The molecule has 0 N–H and O–H groups in total. The average Bonchev–Trinajstić information content (AvgIpc) is 2.48. The Hall–Kier alpha value is -1.38. The van der Waals surface area contributed by atoms with Crippen molar-refractivity contribution in [2.75, 3.05) is 13.1 Å². The fraction of sp³-hybridized carbons (Fsp3) is 0.533. The molecule has 1 aliphatic heterocycles. The van der Waals surface area contributed by atoms with Gasteiger partial charge in [-0.15, -0.1) is 0 Å². The molecule has 0 amide bonds. The summed E-state index contributed by atoms with van der Waals surface area (Å²) in [6.07, 6.45) is 1.11. The molecule has 1 fully saturated rings. The Morgan fingerprint density at radius 2 is 1.75 bits per heavy atom. The van der Waals surface area contributed by atoms with Crippen LogP contribution in [0.15, 0.2) is 30.3 Å². The molecule has 5 heteroatoms.